The van der Waals surface area contributed by atoms with Crippen LogP contribution in [0.3, 0.4) is 0 Å². The molecule has 3 aromatic rings. The standard InChI is InChI=1S/C21H22N4O4/c1-13(26)22-17-12-14(10-11-18(17)29-2)23-20(27)9-5-8-19-24-16-7-4-3-6-15(16)21(28)25-19/h3-4,6-7,10-12H,5,8-9H2,1-2H3,(H,22,26)(H,23,27)(H,24,25,28). The monoisotopic (exact) mass is 394 g/mol. The molecule has 0 unspecified atom stereocenters. The number of ether oxygens (including phenoxy) is 1. The highest BCUT2D eigenvalue weighted by Crippen LogP contribution is 2.27. The Morgan fingerprint density at radius 1 is 1.14 bits per heavy atom. The first-order chi connectivity index (χ1) is 14.0. The number of rotatable bonds is 7. The summed E-state index contributed by atoms with van der Waals surface area (Å²) >= 11 is 0. The molecule has 0 radical (unpaired) electrons. The highest BCUT2D eigenvalue weighted by molar-refractivity contribution is 5.94. The van der Waals surface area contributed by atoms with Crippen LogP contribution in [0, 0.1) is 0 Å². The van der Waals surface area contributed by atoms with Gasteiger partial charge in [-0.2, -0.15) is 0 Å². The number of hydrogen-bond donors (Lipinski definition) is 3. The lowest BCUT2D eigenvalue weighted by Crippen LogP contribution is -2.14. The molecule has 3 rings (SSSR count). The minimum Gasteiger partial charge on any atom is -0.495 e. The van der Waals surface area contributed by atoms with E-state index in [-0.39, 0.29) is 23.8 Å². The van der Waals surface area contributed by atoms with Crippen molar-refractivity contribution in [3.05, 3.63) is 58.6 Å². The molecule has 29 heavy (non-hydrogen) atoms. The number of H-pyrrole nitrogens is 1. The fraction of sp³-hybridized carbons (Fsp3) is 0.238. The number of amides is 2. The van der Waals surface area contributed by atoms with Crippen LogP contribution < -0.4 is 20.9 Å². The van der Waals surface area contributed by atoms with Gasteiger partial charge in [-0.3, -0.25) is 14.4 Å². The topological polar surface area (TPSA) is 113 Å². The van der Waals surface area contributed by atoms with Crippen LogP contribution in [0.2, 0.25) is 0 Å². The van der Waals surface area contributed by atoms with Gasteiger partial charge in [-0.15, -0.1) is 0 Å². The van der Waals surface area contributed by atoms with Crippen LogP contribution in [0.25, 0.3) is 10.9 Å². The molecule has 3 N–H and O–H groups in total. The van der Waals surface area contributed by atoms with Gasteiger partial charge in [0.05, 0.1) is 23.7 Å². The van der Waals surface area contributed by atoms with E-state index in [0.29, 0.717) is 46.7 Å². The first kappa shape index (κ1) is 20.1. The van der Waals surface area contributed by atoms with E-state index in [1.807, 2.05) is 6.07 Å². The third-order valence-corrected chi connectivity index (χ3v) is 4.27. The molecule has 0 aliphatic heterocycles. The van der Waals surface area contributed by atoms with E-state index < -0.39 is 0 Å². The molecule has 8 heteroatoms. The van der Waals surface area contributed by atoms with Crippen molar-refractivity contribution < 1.29 is 14.3 Å². The summed E-state index contributed by atoms with van der Waals surface area (Å²) in [4.78, 5) is 42.8. The maximum atomic E-state index is 12.2. The SMILES string of the molecule is COc1ccc(NC(=O)CCCc2nc3ccccc3c(=O)[nH]2)cc1NC(C)=O. The number of carbonyl (C=O) groups excluding carboxylic acids is 2. The minimum absolute atomic E-state index is 0.174. The third kappa shape index (κ3) is 5.19. The maximum Gasteiger partial charge on any atom is 0.258 e. The van der Waals surface area contributed by atoms with Crippen LogP contribution in [0.4, 0.5) is 11.4 Å². The Kier molecular flexibility index (Phi) is 6.23. The highest BCUT2D eigenvalue weighted by Gasteiger charge is 2.09. The van der Waals surface area contributed by atoms with Gasteiger partial charge in [0, 0.05) is 25.5 Å². The average Bonchev–Trinajstić information content (AvgIpc) is 2.68. The van der Waals surface area contributed by atoms with Gasteiger partial charge in [-0.05, 0) is 36.8 Å². The van der Waals surface area contributed by atoms with Crippen LogP contribution in [0.5, 0.6) is 5.75 Å². The molecule has 0 spiro atoms. The molecule has 0 aliphatic rings. The summed E-state index contributed by atoms with van der Waals surface area (Å²) in [6, 6.07) is 12.1. The lowest BCUT2D eigenvalue weighted by molar-refractivity contribution is -0.116. The summed E-state index contributed by atoms with van der Waals surface area (Å²) in [5, 5.41) is 6.01. The van der Waals surface area contributed by atoms with Gasteiger partial charge < -0.3 is 20.4 Å². The smallest absolute Gasteiger partial charge is 0.258 e. The zero-order valence-electron chi connectivity index (χ0n) is 16.2. The second-order valence-corrected chi connectivity index (χ2v) is 6.53. The number of hydrogen-bond acceptors (Lipinski definition) is 5. The normalized spacial score (nSPS) is 10.6. The summed E-state index contributed by atoms with van der Waals surface area (Å²) < 4.78 is 5.20. The van der Waals surface area contributed by atoms with Gasteiger partial charge in [0.1, 0.15) is 11.6 Å². The fourth-order valence-electron chi connectivity index (χ4n) is 2.97. The first-order valence-electron chi connectivity index (χ1n) is 9.19. The molecule has 0 atom stereocenters. The lowest BCUT2D eigenvalue weighted by atomic mass is 10.2. The minimum atomic E-state index is -0.233. The van der Waals surface area contributed by atoms with Crippen LogP contribution in [0.1, 0.15) is 25.6 Å². The Labute approximate surface area is 167 Å². The molecule has 1 aromatic heterocycles. The quantitative estimate of drug-likeness (QED) is 0.570. The largest absolute Gasteiger partial charge is 0.495 e. The molecule has 0 aliphatic carbocycles. The Bertz CT molecular complexity index is 1110. The van der Waals surface area contributed by atoms with Crippen LogP contribution in [-0.2, 0) is 16.0 Å². The summed E-state index contributed by atoms with van der Waals surface area (Å²) in [5.74, 6) is 0.652. The number of anilines is 2. The van der Waals surface area contributed by atoms with Gasteiger partial charge in [0.15, 0.2) is 0 Å². The first-order valence-corrected chi connectivity index (χ1v) is 9.19. The van der Waals surface area contributed by atoms with Gasteiger partial charge in [-0.25, -0.2) is 4.98 Å². The van der Waals surface area contributed by atoms with Crippen molar-refractivity contribution in [1.29, 1.82) is 0 Å². The number of benzene rings is 2. The number of nitrogens with one attached hydrogen (secondary N) is 3. The van der Waals surface area contributed by atoms with Gasteiger partial charge >= 0.3 is 0 Å². The molecular formula is C21H22N4O4. The number of aromatic amines is 1. The van der Waals surface area contributed by atoms with Crippen molar-refractivity contribution in [2.24, 2.45) is 0 Å². The highest BCUT2D eigenvalue weighted by atomic mass is 16.5. The number of aromatic nitrogens is 2. The van der Waals surface area contributed by atoms with E-state index in [0.717, 1.165) is 0 Å². The Morgan fingerprint density at radius 3 is 2.69 bits per heavy atom. The molecule has 0 saturated carbocycles. The Morgan fingerprint density at radius 2 is 1.93 bits per heavy atom. The van der Waals surface area contributed by atoms with E-state index >= 15 is 0 Å². The molecule has 0 saturated heterocycles. The van der Waals surface area contributed by atoms with Gasteiger partial charge in [0.2, 0.25) is 11.8 Å². The molecule has 0 bridgehead atoms. The van der Waals surface area contributed by atoms with Gasteiger partial charge in [-0.1, -0.05) is 12.1 Å². The molecular weight excluding hydrogens is 372 g/mol. The van der Waals surface area contributed by atoms with E-state index in [2.05, 4.69) is 20.6 Å². The van der Waals surface area contributed by atoms with Crippen molar-refractivity contribution in [2.75, 3.05) is 17.7 Å². The predicted molar refractivity (Wildman–Crippen MR) is 111 cm³/mol. The van der Waals surface area contributed by atoms with E-state index in [4.69, 9.17) is 4.74 Å². The van der Waals surface area contributed by atoms with E-state index in [1.54, 1.807) is 36.4 Å². The van der Waals surface area contributed by atoms with Gasteiger partial charge in [0.25, 0.3) is 5.56 Å². The number of carbonyl (C=O) groups is 2. The van der Waals surface area contributed by atoms with Crippen molar-refractivity contribution in [3.63, 3.8) is 0 Å². The molecule has 150 valence electrons. The van der Waals surface area contributed by atoms with Crippen molar-refractivity contribution in [3.8, 4) is 5.75 Å². The van der Waals surface area contributed by atoms with Crippen LogP contribution in [0.15, 0.2) is 47.3 Å². The molecule has 8 nitrogen and oxygen atoms in total. The van der Waals surface area contributed by atoms with Crippen LogP contribution in [-0.4, -0.2) is 28.9 Å². The average molecular weight is 394 g/mol. The summed E-state index contributed by atoms with van der Waals surface area (Å²) in [6.07, 6.45) is 1.27. The third-order valence-electron chi connectivity index (χ3n) is 4.27. The molecule has 1 heterocycles. The summed E-state index contributed by atoms with van der Waals surface area (Å²) in [7, 11) is 1.50. The summed E-state index contributed by atoms with van der Waals surface area (Å²) in [5.41, 5.74) is 1.49. The van der Waals surface area contributed by atoms with E-state index in [9.17, 15) is 14.4 Å². The number of methoxy groups -OCH3 is 1. The number of aryl methyl sites for hydroxylation is 1. The number of nitrogens with zero attached hydrogens (tertiary/aromatic N) is 1. The van der Waals surface area contributed by atoms with Crippen molar-refractivity contribution in [1.82, 2.24) is 9.97 Å². The Balaban J connectivity index is 1.59. The van der Waals surface area contributed by atoms with Crippen molar-refractivity contribution >= 4 is 34.1 Å². The second kappa shape index (κ2) is 9.01. The lowest BCUT2D eigenvalue weighted by Gasteiger charge is -2.12. The maximum absolute atomic E-state index is 12.2. The fourth-order valence-corrected chi connectivity index (χ4v) is 2.97. The van der Waals surface area contributed by atoms with Crippen molar-refractivity contribution in [2.45, 2.75) is 26.2 Å². The summed E-state index contributed by atoms with van der Waals surface area (Å²) in [6.45, 7) is 1.40. The van der Waals surface area contributed by atoms with E-state index in [1.165, 1.54) is 14.0 Å². The second-order valence-electron chi connectivity index (χ2n) is 6.53. The zero-order valence-corrected chi connectivity index (χ0v) is 16.2. The molecule has 2 amide bonds. The molecule has 2 aromatic carbocycles. The number of fused-ring (bicyclic) bond motifs is 1. The zero-order chi connectivity index (χ0) is 20.8. The van der Waals surface area contributed by atoms with Crippen LogP contribution >= 0.6 is 0 Å². The predicted octanol–water partition coefficient (Wildman–Crippen LogP) is 2.85. The Hall–Kier alpha value is -3.68. The molecule has 0 fully saturated rings. The number of para-hydroxylation sites is 1.